The van der Waals surface area contributed by atoms with E-state index in [0.29, 0.717) is 38.2 Å². The van der Waals surface area contributed by atoms with Gasteiger partial charge in [0.2, 0.25) is 11.8 Å². The summed E-state index contributed by atoms with van der Waals surface area (Å²) < 4.78 is 0. The minimum Gasteiger partial charge on any atom is -0.325 e. The van der Waals surface area contributed by atoms with E-state index in [0.717, 1.165) is 21.8 Å². The molecule has 0 radical (unpaired) electrons. The minimum absolute atomic E-state index is 0.152. The van der Waals surface area contributed by atoms with Crippen LogP contribution in [0.3, 0.4) is 0 Å². The number of nitrogens with one attached hydrogen (secondary N) is 2. The van der Waals surface area contributed by atoms with Gasteiger partial charge in [-0.15, -0.1) is 11.3 Å². The average Bonchev–Trinajstić information content (AvgIpc) is 3.27. The molecule has 3 amide bonds. The van der Waals surface area contributed by atoms with Crippen LogP contribution in [0.1, 0.15) is 45.0 Å². The molecule has 1 aromatic carbocycles. The van der Waals surface area contributed by atoms with Crippen LogP contribution in [0.4, 0.5) is 0 Å². The zero-order valence-corrected chi connectivity index (χ0v) is 16.1. The Morgan fingerprint density at radius 1 is 1.29 bits per heavy atom. The van der Waals surface area contributed by atoms with Crippen molar-refractivity contribution in [2.24, 2.45) is 5.73 Å². The molecule has 146 valence electrons. The van der Waals surface area contributed by atoms with Crippen LogP contribution < -0.4 is 16.4 Å². The highest BCUT2D eigenvalue weighted by Crippen LogP contribution is 2.29. The molecule has 0 spiro atoms. The van der Waals surface area contributed by atoms with Gasteiger partial charge < -0.3 is 16.0 Å². The second-order valence-corrected chi connectivity index (χ2v) is 7.83. The summed E-state index contributed by atoms with van der Waals surface area (Å²) in [5, 5.41) is 8.52. The number of carbonyl (C=O) groups is 3. The number of amides is 3. The van der Waals surface area contributed by atoms with Crippen molar-refractivity contribution in [2.75, 3.05) is 0 Å². The van der Waals surface area contributed by atoms with E-state index in [1.54, 1.807) is 4.90 Å². The second kappa shape index (κ2) is 7.78. The van der Waals surface area contributed by atoms with Crippen LogP contribution in [0.15, 0.2) is 23.6 Å². The number of aromatic nitrogens is 1. The number of rotatable bonds is 6. The molecular formula is C19H21N5O3S. The molecule has 8 nitrogen and oxygen atoms in total. The number of fused-ring (bicyclic) bond motifs is 1. The number of carbonyl (C=O) groups excluding carboxylic acids is 3. The molecule has 2 aliphatic heterocycles. The predicted octanol–water partition coefficient (Wildman–Crippen LogP) is 0.653. The van der Waals surface area contributed by atoms with Gasteiger partial charge in [0.25, 0.3) is 5.91 Å². The molecule has 1 atom stereocenters. The van der Waals surface area contributed by atoms with Crippen LogP contribution in [0.25, 0.3) is 0 Å². The third-order valence-electron chi connectivity index (χ3n) is 5.03. The van der Waals surface area contributed by atoms with Crippen LogP contribution in [-0.4, -0.2) is 33.6 Å². The number of hydrogen-bond donors (Lipinski definition) is 3. The quantitative estimate of drug-likeness (QED) is 0.614. The highest BCUT2D eigenvalue weighted by molar-refractivity contribution is 7.09. The van der Waals surface area contributed by atoms with Gasteiger partial charge in [-0.25, -0.2) is 4.98 Å². The summed E-state index contributed by atoms with van der Waals surface area (Å²) >= 11 is 1.53. The van der Waals surface area contributed by atoms with Crippen molar-refractivity contribution in [2.45, 2.75) is 45.1 Å². The molecular weight excluding hydrogens is 378 g/mol. The van der Waals surface area contributed by atoms with E-state index >= 15 is 0 Å². The molecule has 4 N–H and O–H groups in total. The Labute approximate surface area is 166 Å². The van der Waals surface area contributed by atoms with Gasteiger partial charge in [0.05, 0.1) is 5.69 Å². The lowest BCUT2D eigenvalue weighted by molar-refractivity contribution is -0.136. The average molecular weight is 399 g/mol. The molecule has 28 heavy (non-hydrogen) atoms. The van der Waals surface area contributed by atoms with E-state index in [2.05, 4.69) is 15.6 Å². The Balaban J connectivity index is 1.45. The second-order valence-electron chi connectivity index (χ2n) is 6.89. The summed E-state index contributed by atoms with van der Waals surface area (Å²) in [5.74, 6) is -0.826. The number of nitrogens with zero attached hydrogens (tertiary/aromatic N) is 2. The first kappa shape index (κ1) is 18.7. The predicted molar refractivity (Wildman–Crippen MR) is 103 cm³/mol. The van der Waals surface area contributed by atoms with Crippen molar-refractivity contribution < 1.29 is 14.4 Å². The number of nitrogens with two attached hydrogens (primary N) is 1. The molecule has 3 heterocycles. The Morgan fingerprint density at radius 2 is 2.14 bits per heavy atom. The van der Waals surface area contributed by atoms with Crippen LogP contribution in [0, 0.1) is 0 Å². The highest BCUT2D eigenvalue weighted by Gasteiger charge is 2.39. The summed E-state index contributed by atoms with van der Waals surface area (Å²) in [6.07, 6.45) is 0.620. The zero-order valence-electron chi connectivity index (χ0n) is 15.2. The normalized spacial score (nSPS) is 19.1. The third-order valence-corrected chi connectivity index (χ3v) is 5.95. The Hall–Kier alpha value is -2.62. The molecule has 0 saturated carbocycles. The number of benzene rings is 1. The maximum absolute atomic E-state index is 13.0. The van der Waals surface area contributed by atoms with Crippen LogP contribution in [-0.2, 0) is 35.8 Å². The Kier molecular flexibility index (Phi) is 5.21. The lowest BCUT2D eigenvalue weighted by Crippen LogP contribution is -2.52. The van der Waals surface area contributed by atoms with Gasteiger partial charge in [0.15, 0.2) is 0 Å². The maximum Gasteiger partial charge on any atom is 0.255 e. The summed E-state index contributed by atoms with van der Waals surface area (Å²) in [6, 6.07) is 5.16. The van der Waals surface area contributed by atoms with E-state index in [4.69, 9.17) is 5.73 Å². The van der Waals surface area contributed by atoms with Crippen LogP contribution in [0.2, 0.25) is 0 Å². The first-order valence-corrected chi connectivity index (χ1v) is 10.0. The minimum atomic E-state index is -0.594. The summed E-state index contributed by atoms with van der Waals surface area (Å²) in [4.78, 5) is 42.6. The van der Waals surface area contributed by atoms with Gasteiger partial charge in [-0.05, 0) is 17.5 Å². The van der Waals surface area contributed by atoms with Crippen molar-refractivity contribution in [3.05, 3.63) is 51.0 Å². The molecule has 2 aromatic rings. The van der Waals surface area contributed by atoms with E-state index in [9.17, 15) is 14.4 Å². The fourth-order valence-corrected chi connectivity index (χ4v) is 4.36. The molecule has 1 fully saturated rings. The third kappa shape index (κ3) is 3.56. The van der Waals surface area contributed by atoms with E-state index in [-0.39, 0.29) is 18.2 Å². The Bertz CT molecular complexity index is 941. The van der Waals surface area contributed by atoms with Crippen molar-refractivity contribution in [1.29, 1.82) is 0 Å². The van der Waals surface area contributed by atoms with Crippen molar-refractivity contribution >= 4 is 29.1 Å². The van der Waals surface area contributed by atoms with Crippen LogP contribution >= 0.6 is 11.3 Å². The van der Waals surface area contributed by atoms with E-state index in [1.165, 1.54) is 11.3 Å². The highest BCUT2D eigenvalue weighted by atomic mass is 32.1. The number of hydrogen-bond acceptors (Lipinski definition) is 7. The molecule has 9 heteroatoms. The summed E-state index contributed by atoms with van der Waals surface area (Å²) in [5.41, 5.74) is 8.97. The SMILES string of the molecule is NCc1nc(CNCc2cccc3c2C(=O)N(C2CCC(=O)NC2=O)C3)cs1. The number of imide groups is 1. The molecule has 1 aromatic heterocycles. The van der Waals surface area contributed by atoms with Crippen molar-refractivity contribution in [1.82, 2.24) is 20.5 Å². The van der Waals surface area contributed by atoms with Crippen molar-refractivity contribution in [3.8, 4) is 0 Å². The van der Waals surface area contributed by atoms with Gasteiger partial charge in [-0.1, -0.05) is 18.2 Å². The lowest BCUT2D eigenvalue weighted by atomic mass is 10.0. The number of piperidine rings is 1. The zero-order chi connectivity index (χ0) is 19.7. The van der Waals surface area contributed by atoms with Crippen LogP contribution in [0.5, 0.6) is 0 Å². The van der Waals surface area contributed by atoms with Gasteiger partial charge in [-0.2, -0.15) is 0 Å². The maximum atomic E-state index is 13.0. The van der Waals surface area contributed by atoms with Gasteiger partial charge in [0, 0.05) is 43.5 Å². The van der Waals surface area contributed by atoms with Gasteiger partial charge in [0.1, 0.15) is 11.0 Å². The standard InChI is InChI=1S/C19H21N5O3S/c20-6-16-22-13(10-28-16)8-21-7-11-2-1-3-12-9-24(19(27)17(11)12)14-4-5-15(25)23-18(14)26/h1-3,10,14,21H,4-9,20H2,(H,23,25,26). The molecule has 1 unspecified atom stereocenters. The lowest BCUT2D eigenvalue weighted by Gasteiger charge is -2.29. The molecule has 0 bridgehead atoms. The largest absolute Gasteiger partial charge is 0.325 e. The molecule has 0 aliphatic carbocycles. The summed E-state index contributed by atoms with van der Waals surface area (Å²) in [6.45, 7) is 1.93. The van der Waals surface area contributed by atoms with Gasteiger partial charge >= 0.3 is 0 Å². The number of thiazole rings is 1. The van der Waals surface area contributed by atoms with Crippen molar-refractivity contribution in [3.63, 3.8) is 0 Å². The Morgan fingerprint density at radius 3 is 2.89 bits per heavy atom. The fourth-order valence-electron chi connectivity index (χ4n) is 3.69. The molecule has 1 saturated heterocycles. The summed E-state index contributed by atoms with van der Waals surface area (Å²) in [7, 11) is 0. The van der Waals surface area contributed by atoms with E-state index in [1.807, 2.05) is 23.6 Å². The molecule has 2 aliphatic rings. The van der Waals surface area contributed by atoms with E-state index < -0.39 is 11.9 Å². The smallest absolute Gasteiger partial charge is 0.255 e. The topological polar surface area (TPSA) is 117 Å². The molecule has 4 rings (SSSR count). The monoisotopic (exact) mass is 399 g/mol. The van der Waals surface area contributed by atoms with Gasteiger partial charge in [-0.3, -0.25) is 19.7 Å². The first-order valence-electron chi connectivity index (χ1n) is 9.16. The first-order chi connectivity index (χ1) is 13.6. The fraction of sp³-hybridized carbons (Fsp3) is 0.368.